The summed E-state index contributed by atoms with van der Waals surface area (Å²) in [7, 11) is 1.74. The zero-order chi connectivity index (χ0) is 13.9. The molecule has 0 radical (unpaired) electrons. The van der Waals surface area contributed by atoms with E-state index in [-0.39, 0.29) is 5.91 Å². The van der Waals surface area contributed by atoms with Crippen molar-refractivity contribution in [1.29, 1.82) is 0 Å². The number of benzene rings is 2. The summed E-state index contributed by atoms with van der Waals surface area (Å²) in [6.45, 7) is 0. The Balaban J connectivity index is 1.83. The Hall–Kier alpha value is -2.47. The number of anilines is 2. The predicted molar refractivity (Wildman–Crippen MR) is 81.4 cm³/mol. The van der Waals surface area contributed by atoms with Gasteiger partial charge in [0.05, 0.1) is 0 Å². The summed E-state index contributed by atoms with van der Waals surface area (Å²) in [5.41, 5.74) is 0.745. The van der Waals surface area contributed by atoms with E-state index in [1.807, 2.05) is 42.5 Å². The molecule has 0 saturated heterocycles. The van der Waals surface area contributed by atoms with E-state index in [0.29, 0.717) is 10.1 Å². The minimum atomic E-state index is -0.251. The molecule has 0 aliphatic carbocycles. The highest BCUT2D eigenvalue weighted by Crippen LogP contribution is 2.20. The first-order valence-corrected chi connectivity index (χ1v) is 6.89. The molecule has 0 saturated carbocycles. The van der Waals surface area contributed by atoms with Crippen molar-refractivity contribution >= 4 is 38.8 Å². The van der Waals surface area contributed by atoms with Crippen molar-refractivity contribution in [3.63, 3.8) is 0 Å². The third-order valence-electron chi connectivity index (χ3n) is 2.84. The predicted octanol–water partition coefficient (Wildman–Crippen LogP) is 2.99. The van der Waals surface area contributed by atoms with E-state index in [4.69, 9.17) is 0 Å². The maximum Gasteiger partial charge on any atom is 0.286 e. The molecule has 2 N–H and O–H groups in total. The molecule has 0 aliphatic heterocycles. The number of carbonyl (C=O) groups is 1. The van der Waals surface area contributed by atoms with Crippen LogP contribution in [0.15, 0.2) is 42.5 Å². The minimum Gasteiger partial charge on any atom is -0.363 e. The van der Waals surface area contributed by atoms with Crippen molar-refractivity contribution in [2.45, 2.75) is 0 Å². The lowest BCUT2D eigenvalue weighted by Crippen LogP contribution is -2.11. The summed E-state index contributed by atoms with van der Waals surface area (Å²) >= 11 is 1.22. The summed E-state index contributed by atoms with van der Waals surface area (Å²) in [6, 6.07) is 13.8. The molecule has 0 unspecified atom stereocenters. The first kappa shape index (κ1) is 12.6. The molecule has 0 aliphatic rings. The molecule has 100 valence electrons. The first-order chi connectivity index (χ1) is 9.76. The second kappa shape index (κ2) is 5.26. The summed E-state index contributed by atoms with van der Waals surface area (Å²) in [5, 5.41) is 16.5. The van der Waals surface area contributed by atoms with Gasteiger partial charge in [0.15, 0.2) is 0 Å². The Morgan fingerprint density at radius 3 is 2.65 bits per heavy atom. The minimum absolute atomic E-state index is 0.251. The lowest BCUT2D eigenvalue weighted by molar-refractivity contribution is 0.102. The van der Waals surface area contributed by atoms with Crippen LogP contribution in [0, 0.1) is 0 Å². The van der Waals surface area contributed by atoms with Crippen molar-refractivity contribution in [2.24, 2.45) is 0 Å². The highest BCUT2D eigenvalue weighted by atomic mass is 32.1. The molecule has 3 rings (SSSR count). The summed E-state index contributed by atoms with van der Waals surface area (Å²) in [4.78, 5) is 12.0. The van der Waals surface area contributed by atoms with E-state index in [0.717, 1.165) is 16.5 Å². The zero-order valence-electron chi connectivity index (χ0n) is 10.8. The summed E-state index contributed by atoms with van der Waals surface area (Å²) < 4.78 is 0. The van der Waals surface area contributed by atoms with Crippen LogP contribution in [0.5, 0.6) is 0 Å². The molecule has 0 bridgehead atoms. The van der Waals surface area contributed by atoms with Gasteiger partial charge >= 0.3 is 0 Å². The SMILES string of the molecule is CNc1nnc(C(=O)Nc2ccc3ccccc3c2)s1. The number of carbonyl (C=O) groups excluding carboxylic acids is 1. The average Bonchev–Trinajstić information content (AvgIpc) is 2.96. The highest BCUT2D eigenvalue weighted by molar-refractivity contribution is 7.17. The van der Waals surface area contributed by atoms with E-state index in [1.54, 1.807) is 7.05 Å². The van der Waals surface area contributed by atoms with Crippen LogP contribution in [0.4, 0.5) is 10.8 Å². The Kier molecular flexibility index (Phi) is 3.30. The van der Waals surface area contributed by atoms with E-state index in [9.17, 15) is 4.79 Å². The molecule has 3 aromatic rings. The van der Waals surface area contributed by atoms with E-state index < -0.39 is 0 Å². The monoisotopic (exact) mass is 284 g/mol. The van der Waals surface area contributed by atoms with E-state index in [1.165, 1.54) is 11.3 Å². The van der Waals surface area contributed by atoms with Crippen molar-refractivity contribution in [3.8, 4) is 0 Å². The average molecular weight is 284 g/mol. The third kappa shape index (κ3) is 2.46. The van der Waals surface area contributed by atoms with Crippen molar-refractivity contribution in [1.82, 2.24) is 10.2 Å². The number of fused-ring (bicyclic) bond motifs is 1. The highest BCUT2D eigenvalue weighted by Gasteiger charge is 2.12. The van der Waals surface area contributed by atoms with Gasteiger partial charge in [-0.1, -0.05) is 41.7 Å². The molecule has 1 heterocycles. The molecule has 6 heteroatoms. The molecule has 0 fully saturated rings. The Morgan fingerprint density at radius 1 is 1.10 bits per heavy atom. The first-order valence-electron chi connectivity index (χ1n) is 6.07. The smallest absolute Gasteiger partial charge is 0.286 e. The van der Waals surface area contributed by atoms with Crippen LogP contribution < -0.4 is 10.6 Å². The summed E-state index contributed by atoms with van der Waals surface area (Å²) in [6.07, 6.45) is 0. The van der Waals surface area contributed by atoms with Crippen LogP contribution >= 0.6 is 11.3 Å². The molecule has 0 atom stereocenters. The fraction of sp³-hybridized carbons (Fsp3) is 0.0714. The van der Waals surface area contributed by atoms with Crippen LogP contribution in [0.25, 0.3) is 10.8 Å². The fourth-order valence-corrected chi connectivity index (χ4v) is 2.46. The molecule has 1 amide bonds. The molecule has 5 nitrogen and oxygen atoms in total. The van der Waals surface area contributed by atoms with Gasteiger partial charge in [0.2, 0.25) is 10.1 Å². The van der Waals surface area contributed by atoms with Gasteiger partial charge < -0.3 is 10.6 Å². The largest absolute Gasteiger partial charge is 0.363 e. The number of hydrogen-bond acceptors (Lipinski definition) is 5. The van der Waals surface area contributed by atoms with Gasteiger partial charge in [-0.05, 0) is 22.9 Å². The van der Waals surface area contributed by atoms with Gasteiger partial charge in [0.25, 0.3) is 5.91 Å². The van der Waals surface area contributed by atoms with Crippen molar-refractivity contribution in [2.75, 3.05) is 17.7 Å². The third-order valence-corrected chi connectivity index (χ3v) is 3.78. The Bertz CT molecular complexity index is 768. The normalized spacial score (nSPS) is 10.4. The van der Waals surface area contributed by atoms with E-state index in [2.05, 4.69) is 20.8 Å². The topological polar surface area (TPSA) is 66.9 Å². The number of aromatic nitrogens is 2. The van der Waals surface area contributed by atoms with Crippen LogP contribution in [-0.2, 0) is 0 Å². The molecular weight excluding hydrogens is 272 g/mol. The number of hydrogen-bond donors (Lipinski definition) is 2. The number of amides is 1. The number of nitrogens with one attached hydrogen (secondary N) is 2. The quantitative estimate of drug-likeness (QED) is 0.776. The van der Waals surface area contributed by atoms with Crippen LogP contribution in [0.2, 0.25) is 0 Å². The lowest BCUT2D eigenvalue weighted by atomic mass is 10.1. The van der Waals surface area contributed by atoms with Gasteiger partial charge in [0, 0.05) is 12.7 Å². The van der Waals surface area contributed by atoms with Gasteiger partial charge in [-0.3, -0.25) is 4.79 Å². The maximum absolute atomic E-state index is 12.0. The fourth-order valence-electron chi connectivity index (χ4n) is 1.87. The van der Waals surface area contributed by atoms with Gasteiger partial charge in [-0.15, -0.1) is 10.2 Å². The van der Waals surface area contributed by atoms with Crippen molar-refractivity contribution in [3.05, 3.63) is 47.5 Å². The van der Waals surface area contributed by atoms with Crippen molar-refractivity contribution < 1.29 is 4.79 Å². The van der Waals surface area contributed by atoms with Crippen LogP contribution in [0.1, 0.15) is 9.80 Å². The molecular formula is C14H12N4OS. The van der Waals surface area contributed by atoms with Gasteiger partial charge in [-0.25, -0.2) is 0 Å². The Labute approximate surface area is 119 Å². The van der Waals surface area contributed by atoms with Crippen LogP contribution in [-0.4, -0.2) is 23.2 Å². The van der Waals surface area contributed by atoms with Gasteiger partial charge in [-0.2, -0.15) is 0 Å². The van der Waals surface area contributed by atoms with Crippen LogP contribution in [0.3, 0.4) is 0 Å². The Morgan fingerprint density at radius 2 is 1.90 bits per heavy atom. The van der Waals surface area contributed by atoms with Gasteiger partial charge in [0.1, 0.15) is 0 Å². The molecule has 20 heavy (non-hydrogen) atoms. The molecule has 1 aromatic heterocycles. The second-order valence-electron chi connectivity index (χ2n) is 4.18. The standard InChI is InChI=1S/C14H12N4OS/c1-15-14-18-17-13(20-14)12(19)16-11-7-6-9-4-2-3-5-10(9)8-11/h2-8H,1H3,(H,15,18)(H,16,19). The number of rotatable bonds is 3. The van der Waals surface area contributed by atoms with E-state index >= 15 is 0 Å². The maximum atomic E-state index is 12.0. The summed E-state index contributed by atoms with van der Waals surface area (Å²) in [5.74, 6) is -0.251. The molecule has 0 spiro atoms. The molecule has 2 aromatic carbocycles. The second-order valence-corrected chi connectivity index (χ2v) is 5.16. The lowest BCUT2D eigenvalue weighted by Gasteiger charge is -2.04. The zero-order valence-corrected chi connectivity index (χ0v) is 11.6. The number of nitrogens with zero attached hydrogens (tertiary/aromatic N) is 2.